The summed E-state index contributed by atoms with van der Waals surface area (Å²) >= 11 is 0. The fraction of sp³-hybridized carbons (Fsp3) is 0.417. The van der Waals surface area contributed by atoms with E-state index in [0.29, 0.717) is 34.6 Å². The number of benzene rings is 2. The van der Waals surface area contributed by atoms with Crippen LogP contribution in [0.15, 0.2) is 48.5 Å². The van der Waals surface area contributed by atoms with Crippen molar-refractivity contribution in [3.8, 4) is 0 Å². The van der Waals surface area contributed by atoms with Gasteiger partial charge in [-0.25, -0.2) is 13.6 Å². The number of carbonyl (C=O) groups excluding carboxylic acids is 2. The number of carbonyl (C=O) groups is 2. The zero-order valence-electron chi connectivity index (χ0n) is 17.9. The number of Topliss-reactive ketones (excluding diaryl/α,β-unsaturated/α-hetero) is 1. The molecule has 8 heteroatoms. The quantitative estimate of drug-likeness (QED) is 0.592. The molecule has 1 amide bonds. The summed E-state index contributed by atoms with van der Waals surface area (Å²) in [5, 5.41) is 2.97. The van der Waals surface area contributed by atoms with Crippen molar-refractivity contribution in [3.63, 3.8) is 0 Å². The standard InChI is InChI=1S/C24H26F2N2O3.BrH/c1-16(29)14-28-10-8-17(9-11-28)22(15-28)27-24(30)31-23(18-4-2-6-20(25)12-18)19-5-3-7-21(26)13-19;/h2-7,12-13,17,22-23H,8-11,14-15H2,1H3;1H. The van der Waals surface area contributed by atoms with Crippen molar-refractivity contribution in [2.45, 2.75) is 31.9 Å². The molecule has 1 atom stereocenters. The third kappa shape index (κ3) is 5.53. The molecule has 3 aliphatic heterocycles. The van der Waals surface area contributed by atoms with Gasteiger partial charge in [-0.15, -0.1) is 0 Å². The molecule has 3 aliphatic rings. The largest absolute Gasteiger partial charge is 1.00 e. The van der Waals surface area contributed by atoms with Gasteiger partial charge in [-0.3, -0.25) is 4.79 Å². The number of ether oxygens (including phenoxy) is 1. The fourth-order valence-electron chi connectivity index (χ4n) is 5.11. The highest BCUT2D eigenvalue weighted by molar-refractivity contribution is 5.76. The highest BCUT2D eigenvalue weighted by Crippen LogP contribution is 2.34. The summed E-state index contributed by atoms with van der Waals surface area (Å²) in [5.41, 5.74) is 0.851. The van der Waals surface area contributed by atoms with E-state index in [1.807, 2.05) is 0 Å². The molecule has 1 N–H and O–H groups in total. The molecule has 0 aromatic heterocycles. The van der Waals surface area contributed by atoms with Gasteiger partial charge in [0.2, 0.25) is 0 Å². The number of halogens is 3. The minimum Gasteiger partial charge on any atom is -1.00 e. The van der Waals surface area contributed by atoms with Crippen LogP contribution in [0.25, 0.3) is 0 Å². The van der Waals surface area contributed by atoms with Crippen LogP contribution in [-0.2, 0) is 9.53 Å². The molecule has 172 valence electrons. The third-order valence-electron chi connectivity index (χ3n) is 6.49. The van der Waals surface area contributed by atoms with Crippen molar-refractivity contribution >= 4 is 11.9 Å². The molecule has 0 radical (unpaired) electrons. The monoisotopic (exact) mass is 508 g/mol. The Balaban J connectivity index is 0.00000289. The maximum Gasteiger partial charge on any atom is 0.408 e. The van der Waals surface area contributed by atoms with E-state index in [1.54, 1.807) is 19.1 Å². The van der Waals surface area contributed by atoms with Crippen LogP contribution < -0.4 is 22.3 Å². The topological polar surface area (TPSA) is 55.4 Å². The van der Waals surface area contributed by atoms with Crippen molar-refractivity contribution in [3.05, 3.63) is 71.3 Å². The van der Waals surface area contributed by atoms with Crippen molar-refractivity contribution in [1.82, 2.24) is 5.32 Å². The molecule has 2 aromatic carbocycles. The van der Waals surface area contributed by atoms with E-state index in [-0.39, 0.29) is 28.8 Å². The third-order valence-corrected chi connectivity index (χ3v) is 6.49. The van der Waals surface area contributed by atoms with Gasteiger partial charge in [-0.1, -0.05) is 24.3 Å². The molecule has 0 saturated carbocycles. The van der Waals surface area contributed by atoms with E-state index in [2.05, 4.69) is 5.32 Å². The van der Waals surface area contributed by atoms with Gasteiger partial charge in [0.05, 0.1) is 25.7 Å². The normalized spacial score (nSPS) is 24.0. The van der Waals surface area contributed by atoms with Gasteiger partial charge in [-0.05, 0) is 41.3 Å². The molecular formula is C24H27BrF2N2O3. The van der Waals surface area contributed by atoms with Gasteiger partial charge in [0.25, 0.3) is 0 Å². The number of hydrogen-bond acceptors (Lipinski definition) is 3. The summed E-state index contributed by atoms with van der Waals surface area (Å²) < 4.78 is 34.0. The van der Waals surface area contributed by atoms with E-state index in [1.165, 1.54) is 36.4 Å². The number of amides is 1. The van der Waals surface area contributed by atoms with E-state index >= 15 is 0 Å². The zero-order valence-corrected chi connectivity index (χ0v) is 19.5. The summed E-state index contributed by atoms with van der Waals surface area (Å²) in [5.74, 6) is -0.424. The summed E-state index contributed by atoms with van der Waals surface area (Å²) in [7, 11) is 0. The predicted molar refractivity (Wildman–Crippen MR) is 111 cm³/mol. The Bertz CT molecular complexity index is 934. The smallest absolute Gasteiger partial charge is 0.408 e. The summed E-state index contributed by atoms with van der Waals surface area (Å²) in [6, 6.07) is 11.4. The number of alkyl carbamates (subject to hydrolysis) is 1. The minimum absolute atomic E-state index is 0. The molecular weight excluding hydrogens is 482 g/mol. The van der Waals surface area contributed by atoms with Crippen LogP contribution in [-0.4, -0.2) is 48.6 Å². The first-order valence-corrected chi connectivity index (χ1v) is 10.7. The SMILES string of the molecule is CC(=O)C[N+]12CCC(CC1)C(NC(=O)OC(c1cccc(F)c1)c1cccc(F)c1)C2.[Br-]. The van der Waals surface area contributed by atoms with Gasteiger partial charge in [0.15, 0.2) is 11.9 Å². The Labute approximate surface area is 197 Å². The maximum atomic E-state index is 13.8. The number of nitrogens with one attached hydrogen (secondary N) is 1. The molecule has 2 bridgehead atoms. The molecule has 32 heavy (non-hydrogen) atoms. The molecule has 3 saturated heterocycles. The van der Waals surface area contributed by atoms with Crippen molar-refractivity contribution in [2.24, 2.45) is 5.92 Å². The minimum atomic E-state index is -0.937. The zero-order chi connectivity index (χ0) is 22.0. The molecule has 0 spiro atoms. The molecule has 1 unspecified atom stereocenters. The number of quaternary nitrogens is 1. The van der Waals surface area contributed by atoms with Crippen LogP contribution >= 0.6 is 0 Å². The highest BCUT2D eigenvalue weighted by Gasteiger charge is 2.47. The van der Waals surface area contributed by atoms with Crippen molar-refractivity contribution in [2.75, 3.05) is 26.2 Å². The average Bonchev–Trinajstić information content (AvgIpc) is 2.72. The van der Waals surface area contributed by atoms with E-state index in [4.69, 9.17) is 4.74 Å². The molecule has 0 aliphatic carbocycles. The summed E-state index contributed by atoms with van der Waals surface area (Å²) in [4.78, 5) is 24.6. The second kappa shape index (κ2) is 10.1. The Morgan fingerprint density at radius 2 is 1.62 bits per heavy atom. The van der Waals surface area contributed by atoms with Crippen LogP contribution in [0, 0.1) is 17.6 Å². The van der Waals surface area contributed by atoms with Gasteiger partial charge in [-0.2, -0.15) is 0 Å². The maximum absolute atomic E-state index is 13.8. The summed E-state index contributed by atoms with van der Waals surface area (Å²) in [6.45, 7) is 4.69. The lowest BCUT2D eigenvalue weighted by atomic mass is 9.81. The van der Waals surface area contributed by atoms with Gasteiger partial charge in [0, 0.05) is 19.8 Å². The Morgan fingerprint density at radius 1 is 1.06 bits per heavy atom. The second-order valence-corrected chi connectivity index (χ2v) is 8.82. The van der Waals surface area contributed by atoms with Crippen LogP contribution in [0.5, 0.6) is 0 Å². The first kappa shape index (κ1) is 24.3. The predicted octanol–water partition coefficient (Wildman–Crippen LogP) is 0.982. The highest BCUT2D eigenvalue weighted by atomic mass is 79.9. The first-order valence-electron chi connectivity index (χ1n) is 10.7. The number of piperidine rings is 3. The van der Waals surface area contributed by atoms with Gasteiger partial charge >= 0.3 is 6.09 Å². The van der Waals surface area contributed by atoms with E-state index < -0.39 is 23.8 Å². The van der Waals surface area contributed by atoms with E-state index in [0.717, 1.165) is 25.9 Å². The lowest BCUT2D eigenvalue weighted by Crippen LogP contribution is -3.00. The number of fused-ring (bicyclic) bond motifs is 3. The molecule has 5 rings (SSSR count). The number of hydrogen-bond donors (Lipinski definition) is 1. The number of ketones is 1. The number of nitrogens with zero attached hydrogens (tertiary/aromatic N) is 1. The van der Waals surface area contributed by atoms with Crippen molar-refractivity contribution < 1.29 is 44.6 Å². The van der Waals surface area contributed by atoms with Crippen LogP contribution in [0.3, 0.4) is 0 Å². The average molecular weight is 509 g/mol. The Morgan fingerprint density at radius 3 is 2.12 bits per heavy atom. The molecule has 3 heterocycles. The van der Waals surface area contributed by atoms with Crippen LogP contribution in [0.4, 0.5) is 13.6 Å². The summed E-state index contributed by atoms with van der Waals surface area (Å²) in [6.07, 6.45) is 0.344. The Hall–Kier alpha value is -2.32. The van der Waals surface area contributed by atoms with E-state index in [9.17, 15) is 18.4 Å². The molecule has 5 nitrogen and oxygen atoms in total. The van der Waals surface area contributed by atoms with Crippen molar-refractivity contribution in [1.29, 1.82) is 0 Å². The second-order valence-electron chi connectivity index (χ2n) is 8.82. The van der Waals surface area contributed by atoms with Gasteiger partial charge in [0.1, 0.15) is 18.2 Å². The molecule has 3 fully saturated rings. The van der Waals surface area contributed by atoms with Crippen LogP contribution in [0.1, 0.15) is 37.0 Å². The lowest BCUT2D eigenvalue weighted by molar-refractivity contribution is -0.936. The fourth-order valence-corrected chi connectivity index (χ4v) is 5.11. The van der Waals surface area contributed by atoms with Crippen LogP contribution in [0.2, 0.25) is 0 Å². The lowest BCUT2D eigenvalue weighted by Gasteiger charge is -2.52. The van der Waals surface area contributed by atoms with Gasteiger partial charge < -0.3 is 31.5 Å². The number of rotatable bonds is 6. The first-order chi connectivity index (χ1) is 14.8. The Kier molecular flexibility index (Phi) is 7.67. The molecule has 2 aromatic rings.